The molecule has 0 radical (unpaired) electrons. The molecule has 6 nitrogen and oxygen atoms in total. The summed E-state index contributed by atoms with van der Waals surface area (Å²) in [4.78, 5) is 30.5. The van der Waals surface area contributed by atoms with E-state index in [0.29, 0.717) is 39.0 Å². The summed E-state index contributed by atoms with van der Waals surface area (Å²) in [5, 5.41) is 9.81. The lowest BCUT2D eigenvalue weighted by atomic mass is 9.74. The van der Waals surface area contributed by atoms with E-state index in [-0.39, 0.29) is 17.9 Å². The molecule has 0 spiro atoms. The van der Waals surface area contributed by atoms with Crippen LogP contribution < -0.4 is 0 Å². The maximum absolute atomic E-state index is 13.0. The predicted molar refractivity (Wildman–Crippen MR) is 103 cm³/mol. The first-order valence-electron chi connectivity index (χ1n) is 9.68. The number of amides is 3. The number of hydrogen-bond acceptors (Lipinski definition) is 3. The fraction of sp³-hybridized carbons (Fsp3) is 0.571. The minimum Gasteiger partial charge on any atom is -0.342 e. The lowest BCUT2D eigenvalue weighted by Gasteiger charge is -2.41. The highest BCUT2D eigenvalue weighted by Gasteiger charge is 2.39. The summed E-state index contributed by atoms with van der Waals surface area (Å²) in [6, 6.07) is 12.4. The Hall–Kier alpha value is -2.55. The first-order valence-corrected chi connectivity index (χ1v) is 9.68. The molecule has 0 aliphatic carbocycles. The number of likely N-dealkylation sites (tertiary alicyclic amines) is 2. The molecule has 3 rings (SSSR count). The zero-order chi connectivity index (χ0) is 19.4. The van der Waals surface area contributed by atoms with E-state index in [9.17, 15) is 14.9 Å². The number of nitriles is 1. The third-order valence-corrected chi connectivity index (χ3v) is 5.89. The van der Waals surface area contributed by atoms with Gasteiger partial charge < -0.3 is 14.7 Å². The van der Waals surface area contributed by atoms with Crippen LogP contribution in [0.5, 0.6) is 0 Å². The van der Waals surface area contributed by atoms with Gasteiger partial charge in [-0.1, -0.05) is 30.3 Å². The van der Waals surface area contributed by atoms with E-state index in [4.69, 9.17) is 0 Å². The van der Waals surface area contributed by atoms with E-state index in [2.05, 4.69) is 6.07 Å². The molecular weight excluding hydrogens is 340 g/mol. The summed E-state index contributed by atoms with van der Waals surface area (Å²) >= 11 is 0. The molecule has 0 saturated carbocycles. The van der Waals surface area contributed by atoms with Crippen molar-refractivity contribution in [1.29, 1.82) is 5.26 Å². The lowest BCUT2D eigenvalue weighted by molar-refractivity contribution is -0.138. The van der Waals surface area contributed by atoms with Crippen LogP contribution in [-0.4, -0.2) is 66.9 Å². The summed E-state index contributed by atoms with van der Waals surface area (Å²) in [5.41, 5.74) is 0.539. The Balaban J connectivity index is 1.63. The van der Waals surface area contributed by atoms with Crippen molar-refractivity contribution in [3.63, 3.8) is 0 Å². The van der Waals surface area contributed by atoms with Gasteiger partial charge in [-0.05, 0) is 31.2 Å². The molecule has 2 heterocycles. The van der Waals surface area contributed by atoms with Crippen LogP contribution in [0.15, 0.2) is 30.3 Å². The molecule has 2 fully saturated rings. The van der Waals surface area contributed by atoms with Crippen molar-refractivity contribution in [2.24, 2.45) is 5.92 Å². The molecule has 0 aromatic heterocycles. The number of carbonyl (C=O) groups excluding carboxylic acids is 2. The van der Waals surface area contributed by atoms with Crippen LogP contribution in [0, 0.1) is 17.2 Å². The van der Waals surface area contributed by atoms with E-state index in [1.54, 1.807) is 23.9 Å². The van der Waals surface area contributed by atoms with Gasteiger partial charge in [0.25, 0.3) is 0 Å². The van der Waals surface area contributed by atoms with Gasteiger partial charge in [-0.25, -0.2) is 4.79 Å². The average molecular weight is 368 g/mol. The standard InChI is InChI=1S/C21H28N4O2/c1-23(2)20(27)25-12-6-7-17(15-25)19(26)24-13-10-21(16-22,11-14-24)18-8-4-3-5-9-18/h3-5,8-9,17H,6-7,10-15H2,1-2H3. The van der Waals surface area contributed by atoms with E-state index < -0.39 is 5.41 Å². The Morgan fingerprint density at radius 2 is 1.78 bits per heavy atom. The number of carbonyl (C=O) groups is 2. The summed E-state index contributed by atoms with van der Waals surface area (Å²) in [5.74, 6) is -0.000168. The second-order valence-corrected chi connectivity index (χ2v) is 7.85. The van der Waals surface area contributed by atoms with Crippen molar-refractivity contribution in [3.8, 4) is 6.07 Å². The summed E-state index contributed by atoms with van der Waals surface area (Å²) < 4.78 is 0. The molecule has 6 heteroatoms. The normalized spacial score (nSPS) is 22.0. The highest BCUT2D eigenvalue weighted by atomic mass is 16.2. The second kappa shape index (κ2) is 7.99. The number of benzene rings is 1. The zero-order valence-electron chi connectivity index (χ0n) is 16.2. The average Bonchev–Trinajstić information content (AvgIpc) is 2.73. The number of piperidine rings is 2. The van der Waals surface area contributed by atoms with E-state index in [1.807, 2.05) is 35.2 Å². The van der Waals surface area contributed by atoms with Gasteiger partial charge in [-0.3, -0.25) is 4.79 Å². The van der Waals surface area contributed by atoms with Crippen LogP contribution in [0.4, 0.5) is 4.79 Å². The fourth-order valence-corrected chi connectivity index (χ4v) is 4.22. The van der Waals surface area contributed by atoms with Crippen molar-refractivity contribution in [1.82, 2.24) is 14.7 Å². The molecule has 2 aliphatic rings. The van der Waals surface area contributed by atoms with Crippen molar-refractivity contribution < 1.29 is 9.59 Å². The van der Waals surface area contributed by atoms with Crippen LogP contribution >= 0.6 is 0 Å². The maximum Gasteiger partial charge on any atom is 0.319 e. The van der Waals surface area contributed by atoms with Crippen molar-refractivity contribution >= 4 is 11.9 Å². The van der Waals surface area contributed by atoms with Crippen LogP contribution in [0.1, 0.15) is 31.2 Å². The third kappa shape index (κ3) is 3.92. The Labute approximate surface area is 161 Å². The molecule has 1 unspecified atom stereocenters. The lowest BCUT2D eigenvalue weighted by Crippen LogP contribution is -2.51. The molecule has 2 aliphatic heterocycles. The van der Waals surface area contributed by atoms with Gasteiger partial charge in [-0.15, -0.1) is 0 Å². The molecule has 1 aromatic carbocycles. The Morgan fingerprint density at radius 1 is 1.11 bits per heavy atom. The van der Waals surface area contributed by atoms with Crippen molar-refractivity contribution in [2.45, 2.75) is 31.1 Å². The molecule has 27 heavy (non-hydrogen) atoms. The Morgan fingerprint density at radius 3 is 2.37 bits per heavy atom. The molecule has 1 aromatic rings. The van der Waals surface area contributed by atoms with Gasteiger partial charge in [0, 0.05) is 40.3 Å². The van der Waals surface area contributed by atoms with E-state index in [0.717, 1.165) is 18.4 Å². The van der Waals surface area contributed by atoms with Gasteiger partial charge in [0.2, 0.25) is 5.91 Å². The second-order valence-electron chi connectivity index (χ2n) is 7.85. The summed E-state index contributed by atoms with van der Waals surface area (Å²) in [6.45, 7) is 2.40. The molecule has 2 saturated heterocycles. The number of urea groups is 1. The van der Waals surface area contributed by atoms with Gasteiger partial charge in [0.1, 0.15) is 0 Å². The van der Waals surface area contributed by atoms with Crippen LogP contribution in [0.2, 0.25) is 0 Å². The Bertz CT molecular complexity index is 717. The monoisotopic (exact) mass is 368 g/mol. The van der Waals surface area contributed by atoms with E-state index >= 15 is 0 Å². The SMILES string of the molecule is CN(C)C(=O)N1CCCC(C(=O)N2CCC(C#N)(c3ccccc3)CC2)C1. The Kier molecular flexibility index (Phi) is 5.69. The zero-order valence-corrected chi connectivity index (χ0v) is 16.2. The molecule has 0 N–H and O–H groups in total. The number of hydrogen-bond donors (Lipinski definition) is 0. The molecule has 144 valence electrons. The number of rotatable bonds is 2. The predicted octanol–water partition coefficient (Wildman–Crippen LogP) is 2.46. The fourth-order valence-electron chi connectivity index (χ4n) is 4.22. The first kappa shape index (κ1) is 19.2. The van der Waals surface area contributed by atoms with Gasteiger partial charge >= 0.3 is 6.03 Å². The van der Waals surface area contributed by atoms with Crippen LogP contribution in [0.3, 0.4) is 0 Å². The minimum atomic E-state index is -0.502. The highest BCUT2D eigenvalue weighted by Crippen LogP contribution is 2.35. The molecule has 1 atom stereocenters. The van der Waals surface area contributed by atoms with Gasteiger partial charge in [0.15, 0.2) is 0 Å². The van der Waals surface area contributed by atoms with Gasteiger partial charge in [0.05, 0.1) is 17.4 Å². The van der Waals surface area contributed by atoms with E-state index in [1.165, 1.54) is 0 Å². The maximum atomic E-state index is 13.0. The summed E-state index contributed by atoms with van der Waals surface area (Å²) in [6.07, 6.45) is 3.00. The van der Waals surface area contributed by atoms with Crippen LogP contribution in [0.25, 0.3) is 0 Å². The first-order chi connectivity index (χ1) is 13.0. The number of nitrogens with zero attached hydrogens (tertiary/aromatic N) is 4. The molecular formula is C21H28N4O2. The van der Waals surface area contributed by atoms with Crippen LogP contribution in [-0.2, 0) is 10.2 Å². The highest BCUT2D eigenvalue weighted by molar-refractivity contribution is 5.81. The minimum absolute atomic E-state index is 0.0290. The third-order valence-electron chi connectivity index (χ3n) is 5.89. The molecule has 3 amide bonds. The topological polar surface area (TPSA) is 67.7 Å². The molecule has 0 bridgehead atoms. The smallest absolute Gasteiger partial charge is 0.319 e. The van der Waals surface area contributed by atoms with Gasteiger partial charge in [-0.2, -0.15) is 5.26 Å². The van der Waals surface area contributed by atoms with Crippen molar-refractivity contribution in [2.75, 3.05) is 40.3 Å². The quantitative estimate of drug-likeness (QED) is 0.805. The van der Waals surface area contributed by atoms with Crippen molar-refractivity contribution in [3.05, 3.63) is 35.9 Å². The largest absolute Gasteiger partial charge is 0.342 e. The summed E-state index contributed by atoms with van der Waals surface area (Å²) in [7, 11) is 3.48.